The Labute approximate surface area is 93.1 Å². The molecule has 0 radical (unpaired) electrons. The van der Waals surface area contributed by atoms with Crippen molar-refractivity contribution in [1.82, 2.24) is 9.97 Å². The van der Waals surface area contributed by atoms with Gasteiger partial charge in [0.25, 0.3) is 0 Å². The van der Waals surface area contributed by atoms with Crippen LogP contribution in [-0.4, -0.2) is 34.1 Å². The number of carboxylic acid groups (broad SMARTS) is 1. The van der Waals surface area contributed by atoms with E-state index in [0.717, 1.165) is 25.9 Å². The number of rotatable bonds is 3. The van der Waals surface area contributed by atoms with Crippen molar-refractivity contribution < 1.29 is 9.90 Å². The summed E-state index contributed by atoms with van der Waals surface area (Å²) in [6.07, 6.45) is 3.80. The van der Waals surface area contributed by atoms with Crippen molar-refractivity contribution in [1.29, 1.82) is 0 Å². The Morgan fingerprint density at radius 3 is 2.81 bits per heavy atom. The van der Waals surface area contributed by atoms with Gasteiger partial charge in [-0.15, -0.1) is 0 Å². The molecule has 6 nitrogen and oxygen atoms in total. The van der Waals surface area contributed by atoms with Gasteiger partial charge in [0.2, 0.25) is 5.95 Å². The van der Waals surface area contributed by atoms with E-state index in [4.69, 9.17) is 10.8 Å². The van der Waals surface area contributed by atoms with Crippen LogP contribution >= 0.6 is 0 Å². The summed E-state index contributed by atoms with van der Waals surface area (Å²) in [4.78, 5) is 21.1. The van der Waals surface area contributed by atoms with E-state index in [1.807, 2.05) is 4.90 Å². The molecule has 1 fully saturated rings. The molecule has 1 aliphatic heterocycles. The minimum atomic E-state index is -1.08. The molecule has 16 heavy (non-hydrogen) atoms. The highest BCUT2D eigenvalue weighted by Crippen LogP contribution is 2.17. The molecule has 1 aromatic rings. The van der Waals surface area contributed by atoms with Crippen LogP contribution < -0.4 is 10.6 Å². The Kier molecular flexibility index (Phi) is 3.00. The molecule has 1 aromatic heterocycles. The Bertz CT molecular complexity index is 390. The highest BCUT2D eigenvalue weighted by molar-refractivity contribution is 5.74. The molecule has 0 spiro atoms. The number of nitrogens with two attached hydrogens (primary N) is 1. The van der Waals surface area contributed by atoms with Crippen LogP contribution in [0.15, 0.2) is 12.3 Å². The molecule has 2 rings (SSSR count). The number of anilines is 1. The topological polar surface area (TPSA) is 92.3 Å². The first kappa shape index (κ1) is 10.8. The zero-order valence-corrected chi connectivity index (χ0v) is 8.83. The maximum Gasteiger partial charge on any atom is 0.326 e. The van der Waals surface area contributed by atoms with E-state index in [9.17, 15) is 4.79 Å². The van der Waals surface area contributed by atoms with Gasteiger partial charge in [0.05, 0.1) is 5.69 Å². The van der Waals surface area contributed by atoms with Gasteiger partial charge in [-0.3, -0.25) is 4.79 Å². The smallest absolute Gasteiger partial charge is 0.326 e. The van der Waals surface area contributed by atoms with E-state index in [-0.39, 0.29) is 0 Å². The van der Waals surface area contributed by atoms with Crippen molar-refractivity contribution in [3.8, 4) is 0 Å². The largest absolute Gasteiger partial charge is 0.480 e. The third kappa shape index (κ3) is 2.11. The number of carboxylic acids is 1. The summed E-state index contributed by atoms with van der Waals surface area (Å²) in [5.41, 5.74) is 5.85. The van der Waals surface area contributed by atoms with Gasteiger partial charge in [-0.1, -0.05) is 0 Å². The molecule has 6 heteroatoms. The Morgan fingerprint density at radius 2 is 2.19 bits per heavy atom. The molecule has 3 N–H and O–H groups in total. The molecule has 0 aromatic carbocycles. The highest BCUT2D eigenvalue weighted by Gasteiger charge is 2.19. The number of hydrogen-bond acceptors (Lipinski definition) is 5. The van der Waals surface area contributed by atoms with Crippen molar-refractivity contribution in [2.75, 3.05) is 18.0 Å². The summed E-state index contributed by atoms with van der Waals surface area (Å²) in [5.74, 6) is -0.502. The first-order valence-corrected chi connectivity index (χ1v) is 5.25. The second-order valence-electron chi connectivity index (χ2n) is 3.79. The lowest BCUT2D eigenvalue weighted by atomic mass is 10.2. The van der Waals surface area contributed by atoms with Gasteiger partial charge in [0, 0.05) is 19.3 Å². The minimum absolute atomic E-state index is 0.351. The summed E-state index contributed by atoms with van der Waals surface area (Å²) in [7, 11) is 0. The Hall–Kier alpha value is -1.69. The molecule has 2 heterocycles. The van der Waals surface area contributed by atoms with Crippen LogP contribution in [0.2, 0.25) is 0 Å². The summed E-state index contributed by atoms with van der Waals surface area (Å²) < 4.78 is 0. The number of aromatic nitrogens is 2. The quantitative estimate of drug-likeness (QED) is 0.756. The first-order chi connectivity index (χ1) is 7.68. The van der Waals surface area contributed by atoms with Gasteiger partial charge in [0.15, 0.2) is 0 Å². The highest BCUT2D eigenvalue weighted by atomic mass is 16.4. The van der Waals surface area contributed by atoms with Crippen molar-refractivity contribution in [2.45, 2.75) is 18.9 Å². The molecule has 86 valence electrons. The number of nitrogens with zero attached hydrogens (tertiary/aromatic N) is 3. The average Bonchev–Trinajstić information content (AvgIpc) is 2.81. The van der Waals surface area contributed by atoms with Crippen molar-refractivity contribution in [2.24, 2.45) is 5.73 Å². The molecule has 0 aliphatic carbocycles. The van der Waals surface area contributed by atoms with Gasteiger partial charge in [-0.2, -0.15) is 0 Å². The summed E-state index contributed by atoms with van der Waals surface area (Å²) in [6, 6.07) is 0.461. The fraction of sp³-hybridized carbons (Fsp3) is 0.500. The van der Waals surface area contributed by atoms with Gasteiger partial charge in [0.1, 0.15) is 6.04 Å². The summed E-state index contributed by atoms with van der Waals surface area (Å²) >= 11 is 0. The number of carbonyl (C=O) groups is 1. The fourth-order valence-electron chi connectivity index (χ4n) is 1.73. The standard InChI is InChI=1S/C10H14N4O2/c11-8(9(15)16)7-3-4-12-10(13-7)14-5-1-2-6-14/h3-4,8H,1-2,5-6,11H2,(H,15,16). The number of aliphatic carboxylic acids is 1. The minimum Gasteiger partial charge on any atom is -0.480 e. The van der Waals surface area contributed by atoms with Crippen LogP contribution in [0, 0.1) is 0 Å². The normalized spacial score (nSPS) is 17.4. The molecule has 0 amide bonds. The molecule has 0 saturated carbocycles. The summed E-state index contributed by atoms with van der Waals surface area (Å²) in [6.45, 7) is 1.84. The van der Waals surface area contributed by atoms with E-state index in [2.05, 4.69) is 9.97 Å². The molecule has 1 saturated heterocycles. The summed E-state index contributed by atoms with van der Waals surface area (Å²) in [5, 5.41) is 8.79. The molecular weight excluding hydrogens is 208 g/mol. The predicted molar refractivity (Wildman–Crippen MR) is 58.0 cm³/mol. The van der Waals surface area contributed by atoms with E-state index in [1.54, 1.807) is 12.3 Å². The zero-order chi connectivity index (χ0) is 11.5. The van der Waals surface area contributed by atoms with Crippen molar-refractivity contribution >= 4 is 11.9 Å². The SMILES string of the molecule is NC(C(=O)O)c1ccnc(N2CCCC2)n1. The van der Waals surface area contributed by atoms with Crippen molar-refractivity contribution in [3.63, 3.8) is 0 Å². The Balaban J connectivity index is 2.21. The van der Waals surface area contributed by atoms with E-state index in [1.165, 1.54) is 0 Å². The molecule has 1 aliphatic rings. The maximum atomic E-state index is 10.7. The second-order valence-corrected chi connectivity index (χ2v) is 3.79. The first-order valence-electron chi connectivity index (χ1n) is 5.25. The van der Waals surface area contributed by atoms with E-state index in [0.29, 0.717) is 11.6 Å². The van der Waals surface area contributed by atoms with Crippen LogP contribution in [-0.2, 0) is 4.79 Å². The maximum absolute atomic E-state index is 10.7. The molecule has 0 bridgehead atoms. The van der Waals surface area contributed by atoms with Crippen molar-refractivity contribution in [3.05, 3.63) is 18.0 Å². The van der Waals surface area contributed by atoms with Gasteiger partial charge >= 0.3 is 5.97 Å². The predicted octanol–water partition coefficient (Wildman–Crippen LogP) is 0.161. The second kappa shape index (κ2) is 4.44. The van der Waals surface area contributed by atoms with Crippen LogP contribution in [0.25, 0.3) is 0 Å². The molecule has 1 atom stereocenters. The van der Waals surface area contributed by atoms with Crippen LogP contribution in [0.1, 0.15) is 24.6 Å². The van der Waals surface area contributed by atoms with Gasteiger partial charge in [-0.25, -0.2) is 9.97 Å². The van der Waals surface area contributed by atoms with E-state index < -0.39 is 12.0 Å². The molecule has 1 unspecified atom stereocenters. The zero-order valence-electron chi connectivity index (χ0n) is 8.83. The lowest BCUT2D eigenvalue weighted by Crippen LogP contribution is -2.25. The van der Waals surface area contributed by atoms with Crippen LogP contribution in [0.3, 0.4) is 0 Å². The van der Waals surface area contributed by atoms with Crippen LogP contribution in [0.5, 0.6) is 0 Å². The monoisotopic (exact) mass is 222 g/mol. The molecular formula is C10H14N4O2. The third-order valence-corrected chi connectivity index (χ3v) is 2.64. The lowest BCUT2D eigenvalue weighted by molar-refractivity contribution is -0.138. The van der Waals surface area contributed by atoms with Crippen LogP contribution in [0.4, 0.5) is 5.95 Å². The van der Waals surface area contributed by atoms with Gasteiger partial charge in [-0.05, 0) is 18.9 Å². The Morgan fingerprint density at radius 1 is 1.50 bits per heavy atom. The average molecular weight is 222 g/mol. The third-order valence-electron chi connectivity index (χ3n) is 2.64. The fourth-order valence-corrected chi connectivity index (χ4v) is 1.73. The van der Waals surface area contributed by atoms with Gasteiger partial charge < -0.3 is 15.7 Å². The van der Waals surface area contributed by atoms with E-state index >= 15 is 0 Å². The lowest BCUT2D eigenvalue weighted by Gasteiger charge is -2.16. The number of hydrogen-bond donors (Lipinski definition) is 2.